The summed E-state index contributed by atoms with van der Waals surface area (Å²) in [5, 5.41) is 6.53. The molecule has 1 rings (SSSR count). The molecule has 2 N–H and O–H groups in total. The van der Waals surface area contributed by atoms with Gasteiger partial charge < -0.3 is 15.5 Å². The van der Waals surface area contributed by atoms with Crippen LogP contribution in [-0.4, -0.2) is 49.5 Å². The van der Waals surface area contributed by atoms with Crippen LogP contribution >= 0.6 is 24.0 Å². The lowest BCUT2D eigenvalue weighted by Crippen LogP contribution is -2.38. The van der Waals surface area contributed by atoms with Gasteiger partial charge in [0.2, 0.25) is 5.91 Å². The molecular formula is C18H31IN4O. The SMILES string of the molecule is CCNC(=NCCC(=O)N(CC)CC)NCCc1ccccc1.I. The van der Waals surface area contributed by atoms with Gasteiger partial charge in [-0.1, -0.05) is 30.3 Å². The van der Waals surface area contributed by atoms with Crippen LogP contribution in [0.15, 0.2) is 35.3 Å². The number of nitrogens with one attached hydrogen (secondary N) is 2. The summed E-state index contributed by atoms with van der Waals surface area (Å²) in [5.74, 6) is 0.940. The van der Waals surface area contributed by atoms with Crippen molar-refractivity contribution in [3.05, 3.63) is 35.9 Å². The lowest BCUT2D eigenvalue weighted by molar-refractivity contribution is -0.130. The van der Waals surface area contributed by atoms with E-state index in [-0.39, 0.29) is 29.9 Å². The first-order valence-corrected chi connectivity index (χ1v) is 8.55. The molecule has 0 spiro atoms. The number of hydrogen-bond acceptors (Lipinski definition) is 2. The van der Waals surface area contributed by atoms with E-state index in [9.17, 15) is 4.79 Å². The number of hydrogen-bond donors (Lipinski definition) is 2. The zero-order valence-corrected chi connectivity index (χ0v) is 17.4. The van der Waals surface area contributed by atoms with E-state index in [1.807, 2.05) is 43.9 Å². The average molecular weight is 446 g/mol. The number of aliphatic imine (C=N–C) groups is 1. The van der Waals surface area contributed by atoms with Gasteiger partial charge in [-0.25, -0.2) is 0 Å². The fourth-order valence-corrected chi connectivity index (χ4v) is 2.31. The quantitative estimate of drug-likeness (QED) is 0.349. The van der Waals surface area contributed by atoms with Gasteiger partial charge in [-0.3, -0.25) is 9.79 Å². The van der Waals surface area contributed by atoms with Gasteiger partial charge in [0, 0.05) is 32.6 Å². The molecule has 1 aromatic carbocycles. The number of nitrogens with zero attached hydrogens (tertiary/aromatic N) is 2. The van der Waals surface area contributed by atoms with Crippen molar-refractivity contribution in [2.24, 2.45) is 4.99 Å². The maximum atomic E-state index is 12.0. The zero-order valence-electron chi connectivity index (χ0n) is 15.0. The first-order valence-electron chi connectivity index (χ1n) is 8.55. The van der Waals surface area contributed by atoms with Gasteiger partial charge in [0.15, 0.2) is 5.96 Å². The van der Waals surface area contributed by atoms with E-state index in [1.54, 1.807) is 0 Å². The lowest BCUT2D eigenvalue weighted by atomic mass is 10.1. The first kappa shape index (κ1) is 22.7. The third kappa shape index (κ3) is 9.10. The highest BCUT2D eigenvalue weighted by molar-refractivity contribution is 14.0. The minimum absolute atomic E-state index is 0. The van der Waals surface area contributed by atoms with Crippen LogP contribution in [0, 0.1) is 0 Å². The van der Waals surface area contributed by atoms with Crippen LogP contribution in [0.5, 0.6) is 0 Å². The highest BCUT2D eigenvalue weighted by atomic mass is 127. The van der Waals surface area contributed by atoms with Crippen molar-refractivity contribution >= 4 is 35.8 Å². The molecule has 6 heteroatoms. The minimum Gasteiger partial charge on any atom is -0.357 e. The summed E-state index contributed by atoms with van der Waals surface area (Å²) in [7, 11) is 0. The lowest BCUT2D eigenvalue weighted by Gasteiger charge is -2.18. The normalized spacial score (nSPS) is 10.7. The Kier molecular flexibility index (Phi) is 13.3. The van der Waals surface area contributed by atoms with Crippen molar-refractivity contribution in [3.8, 4) is 0 Å². The fourth-order valence-electron chi connectivity index (χ4n) is 2.31. The topological polar surface area (TPSA) is 56.7 Å². The van der Waals surface area contributed by atoms with Crippen LogP contribution in [0.1, 0.15) is 32.8 Å². The van der Waals surface area contributed by atoms with E-state index in [0.29, 0.717) is 13.0 Å². The van der Waals surface area contributed by atoms with E-state index < -0.39 is 0 Å². The number of rotatable bonds is 9. The largest absolute Gasteiger partial charge is 0.357 e. The van der Waals surface area contributed by atoms with Gasteiger partial charge in [0.1, 0.15) is 0 Å². The second-order valence-corrected chi connectivity index (χ2v) is 5.24. The molecule has 0 radical (unpaired) electrons. The highest BCUT2D eigenvalue weighted by Crippen LogP contribution is 1.98. The Balaban J connectivity index is 0.00000529. The number of halogens is 1. The summed E-state index contributed by atoms with van der Waals surface area (Å²) >= 11 is 0. The first-order chi connectivity index (χ1) is 11.2. The average Bonchev–Trinajstić information content (AvgIpc) is 2.57. The molecule has 1 amide bonds. The monoisotopic (exact) mass is 446 g/mol. The van der Waals surface area contributed by atoms with Gasteiger partial charge in [-0.2, -0.15) is 0 Å². The van der Waals surface area contributed by atoms with Gasteiger partial charge >= 0.3 is 0 Å². The second kappa shape index (κ2) is 14.1. The van der Waals surface area contributed by atoms with Crippen LogP contribution in [0.3, 0.4) is 0 Å². The Hall–Kier alpha value is -1.31. The summed E-state index contributed by atoms with van der Waals surface area (Å²) in [6, 6.07) is 10.4. The predicted octanol–water partition coefficient (Wildman–Crippen LogP) is 2.66. The number of carbonyl (C=O) groups excluding carboxylic acids is 1. The zero-order chi connectivity index (χ0) is 16.9. The summed E-state index contributed by atoms with van der Waals surface area (Å²) in [6.45, 7) is 9.69. The number of carbonyl (C=O) groups is 1. The van der Waals surface area contributed by atoms with E-state index in [1.165, 1.54) is 5.56 Å². The molecule has 1 aromatic rings. The molecule has 0 saturated carbocycles. The standard InChI is InChI=1S/C18H30N4O.HI/c1-4-19-18(20-14-12-16-10-8-7-9-11-16)21-15-13-17(23)22(5-2)6-3;/h7-11H,4-6,12-15H2,1-3H3,(H2,19,20,21);1H. The van der Waals surface area contributed by atoms with Crippen molar-refractivity contribution in [2.75, 3.05) is 32.7 Å². The summed E-state index contributed by atoms with van der Waals surface area (Å²) < 4.78 is 0. The van der Waals surface area contributed by atoms with Gasteiger partial charge in [0.05, 0.1) is 6.54 Å². The Bertz CT molecular complexity index is 475. The molecule has 0 heterocycles. The maximum Gasteiger partial charge on any atom is 0.224 e. The van der Waals surface area contributed by atoms with Crippen LogP contribution in [0.4, 0.5) is 0 Å². The van der Waals surface area contributed by atoms with E-state index in [0.717, 1.165) is 38.6 Å². The Morgan fingerprint density at radius 3 is 2.33 bits per heavy atom. The van der Waals surface area contributed by atoms with Crippen molar-refractivity contribution in [2.45, 2.75) is 33.6 Å². The molecule has 5 nitrogen and oxygen atoms in total. The van der Waals surface area contributed by atoms with Crippen LogP contribution in [0.2, 0.25) is 0 Å². The molecule has 0 atom stereocenters. The molecule has 0 fully saturated rings. The molecular weight excluding hydrogens is 415 g/mol. The minimum atomic E-state index is 0. The van der Waals surface area contributed by atoms with Crippen molar-refractivity contribution in [1.82, 2.24) is 15.5 Å². The molecule has 136 valence electrons. The molecule has 24 heavy (non-hydrogen) atoms. The molecule has 0 aliphatic heterocycles. The van der Waals surface area contributed by atoms with Gasteiger partial charge in [-0.05, 0) is 32.8 Å². The van der Waals surface area contributed by atoms with E-state index >= 15 is 0 Å². The molecule has 0 unspecified atom stereocenters. The maximum absolute atomic E-state index is 12.0. The summed E-state index contributed by atoms with van der Waals surface area (Å²) in [4.78, 5) is 18.3. The number of benzene rings is 1. The molecule has 0 saturated heterocycles. The van der Waals surface area contributed by atoms with Crippen molar-refractivity contribution in [3.63, 3.8) is 0 Å². The Morgan fingerprint density at radius 2 is 1.75 bits per heavy atom. The van der Waals surface area contributed by atoms with Crippen molar-refractivity contribution in [1.29, 1.82) is 0 Å². The van der Waals surface area contributed by atoms with E-state index in [2.05, 4.69) is 27.8 Å². The van der Waals surface area contributed by atoms with Crippen molar-refractivity contribution < 1.29 is 4.79 Å². The third-order valence-corrected chi connectivity index (χ3v) is 3.60. The van der Waals surface area contributed by atoms with Crippen LogP contribution in [0.25, 0.3) is 0 Å². The Morgan fingerprint density at radius 1 is 1.08 bits per heavy atom. The molecule has 0 aliphatic carbocycles. The Labute approximate surface area is 163 Å². The summed E-state index contributed by atoms with van der Waals surface area (Å²) in [5.41, 5.74) is 1.30. The second-order valence-electron chi connectivity index (χ2n) is 5.24. The van der Waals surface area contributed by atoms with E-state index in [4.69, 9.17) is 0 Å². The molecule has 0 bridgehead atoms. The van der Waals surface area contributed by atoms with Crippen LogP contribution < -0.4 is 10.6 Å². The fraction of sp³-hybridized carbons (Fsp3) is 0.556. The number of amides is 1. The third-order valence-electron chi connectivity index (χ3n) is 3.60. The highest BCUT2D eigenvalue weighted by Gasteiger charge is 2.08. The predicted molar refractivity (Wildman–Crippen MR) is 112 cm³/mol. The summed E-state index contributed by atoms with van der Waals surface area (Å²) in [6.07, 6.45) is 1.40. The van der Waals surface area contributed by atoms with Gasteiger partial charge in [0.25, 0.3) is 0 Å². The van der Waals surface area contributed by atoms with Crippen LogP contribution in [-0.2, 0) is 11.2 Å². The molecule has 0 aromatic heterocycles. The number of guanidine groups is 1. The molecule has 0 aliphatic rings. The van der Waals surface area contributed by atoms with Gasteiger partial charge in [-0.15, -0.1) is 24.0 Å². The smallest absolute Gasteiger partial charge is 0.224 e.